The van der Waals surface area contributed by atoms with Gasteiger partial charge in [0.15, 0.2) is 0 Å². The molecule has 0 saturated heterocycles. The molecule has 1 unspecified atom stereocenters. The summed E-state index contributed by atoms with van der Waals surface area (Å²) in [5.41, 5.74) is -0.169. The number of terminal acetylenes is 1. The second-order valence-corrected chi connectivity index (χ2v) is 3.60. The van der Waals surface area contributed by atoms with E-state index in [0.29, 0.717) is 6.42 Å². The third-order valence-electron chi connectivity index (χ3n) is 2.10. The second-order valence-electron chi connectivity index (χ2n) is 3.20. The number of amides is 1. The molecule has 0 aliphatic heterocycles. The summed E-state index contributed by atoms with van der Waals surface area (Å²) in [6, 6.07) is 3.66. The molecule has 0 bridgehead atoms. The molecule has 1 amide bonds. The van der Waals surface area contributed by atoms with Gasteiger partial charge in [0.1, 0.15) is 5.82 Å². The zero-order valence-electron chi connectivity index (χ0n) is 8.76. The van der Waals surface area contributed by atoms with Gasteiger partial charge in [0, 0.05) is 0 Å². The summed E-state index contributed by atoms with van der Waals surface area (Å²) < 4.78 is 13.4. The van der Waals surface area contributed by atoms with E-state index in [2.05, 4.69) is 11.2 Å². The van der Waals surface area contributed by atoms with Crippen LogP contribution < -0.4 is 5.32 Å². The summed E-state index contributed by atoms with van der Waals surface area (Å²) in [7, 11) is 0. The summed E-state index contributed by atoms with van der Waals surface area (Å²) in [6.45, 7) is 1.83. The predicted molar refractivity (Wildman–Crippen MR) is 61.8 cm³/mol. The first-order valence-corrected chi connectivity index (χ1v) is 5.19. The molecule has 0 aliphatic rings. The maximum Gasteiger partial charge on any atom is 0.256 e. The van der Waals surface area contributed by atoms with E-state index in [0.717, 1.165) is 0 Å². The van der Waals surface area contributed by atoms with Gasteiger partial charge >= 0.3 is 0 Å². The lowest BCUT2D eigenvalue weighted by Crippen LogP contribution is -2.33. The minimum absolute atomic E-state index is 0.0735. The van der Waals surface area contributed by atoms with Crippen molar-refractivity contribution in [3.05, 3.63) is 34.6 Å². The Labute approximate surface area is 98.8 Å². The standard InChI is InChI=1S/C12H11ClFNO/c1-3-8(4-2)15-12(16)11-9(13)6-5-7-10(11)14/h1,5-8H,4H2,2H3,(H,15,16). The first-order valence-electron chi connectivity index (χ1n) is 4.81. The summed E-state index contributed by atoms with van der Waals surface area (Å²) in [5, 5.41) is 2.59. The van der Waals surface area contributed by atoms with E-state index in [4.69, 9.17) is 18.0 Å². The van der Waals surface area contributed by atoms with Crippen LogP contribution in [-0.4, -0.2) is 11.9 Å². The molecule has 0 spiro atoms. The molecular weight excluding hydrogens is 229 g/mol. The Balaban J connectivity index is 2.94. The van der Waals surface area contributed by atoms with E-state index in [1.54, 1.807) is 0 Å². The molecule has 1 aromatic rings. The number of carbonyl (C=O) groups is 1. The van der Waals surface area contributed by atoms with Gasteiger partial charge in [-0.05, 0) is 18.6 Å². The zero-order valence-corrected chi connectivity index (χ0v) is 9.51. The van der Waals surface area contributed by atoms with Crippen molar-refractivity contribution in [3.63, 3.8) is 0 Å². The van der Waals surface area contributed by atoms with Gasteiger partial charge in [-0.3, -0.25) is 4.79 Å². The number of rotatable bonds is 3. The molecule has 0 radical (unpaired) electrons. The fourth-order valence-corrected chi connectivity index (χ4v) is 1.46. The van der Waals surface area contributed by atoms with Crippen LogP contribution in [0.5, 0.6) is 0 Å². The van der Waals surface area contributed by atoms with Gasteiger partial charge in [-0.15, -0.1) is 6.42 Å². The summed E-state index contributed by atoms with van der Waals surface area (Å²) in [5.74, 6) is 1.15. The van der Waals surface area contributed by atoms with Gasteiger partial charge in [-0.1, -0.05) is 30.5 Å². The molecule has 0 saturated carbocycles. The lowest BCUT2D eigenvalue weighted by molar-refractivity contribution is 0.0941. The summed E-state index contributed by atoms with van der Waals surface area (Å²) in [6.07, 6.45) is 5.77. The average molecular weight is 240 g/mol. The number of nitrogens with one attached hydrogen (secondary N) is 1. The molecular formula is C12H11ClFNO. The molecule has 16 heavy (non-hydrogen) atoms. The lowest BCUT2D eigenvalue weighted by atomic mass is 10.1. The predicted octanol–water partition coefficient (Wildman–Crippen LogP) is 2.62. The van der Waals surface area contributed by atoms with Crippen LogP contribution in [0.15, 0.2) is 18.2 Å². The fourth-order valence-electron chi connectivity index (χ4n) is 1.21. The highest BCUT2D eigenvalue weighted by atomic mass is 35.5. The molecule has 0 heterocycles. The Morgan fingerprint density at radius 2 is 2.38 bits per heavy atom. The highest BCUT2D eigenvalue weighted by molar-refractivity contribution is 6.33. The van der Waals surface area contributed by atoms with Crippen LogP contribution in [0.25, 0.3) is 0 Å². The van der Waals surface area contributed by atoms with Gasteiger partial charge in [-0.2, -0.15) is 0 Å². The number of carbonyl (C=O) groups excluding carboxylic acids is 1. The minimum atomic E-state index is -0.656. The molecule has 0 fully saturated rings. The van der Waals surface area contributed by atoms with Gasteiger partial charge in [0.25, 0.3) is 5.91 Å². The number of halogens is 2. The third-order valence-corrected chi connectivity index (χ3v) is 2.42. The smallest absolute Gasteiger partial charge is 0.256 e. The minimum Gasteiger partial charge on any atom is -0.338 e. The van der Waals surface area contributed by atoms with Crippen molar-refractivity contribution >= 4 is 17.5 Å². The zero-order chi connectivity index (χ0) is 12.1. The summed E-state index contributed by atoms with van der Waals surface area (Å²) >= 11 is 5.74. The van der Waals surface area contributed by atoms with Crippen LogP contribution in [0.1, 0.15) is 23.7 Å². The van der Waals surface area contributed by atoms with E-state index in [1.807, 2.05) is 6.92 Å². The molecule has 1 rings (SSSR count). The topological polar surface area (TPSA) is 29.1 Å². The highest BCUT2D eigenvalue weighted by Gasteiger charge is 2.17. The molecule has 84 valence electrons. The first kappa shape index (κ1) is 12.5. The second kappa shape index (κ2) is 5.53. The number of benzene rings is 1. The Kier molecular flexibility index (Phi) is 4.33. The Bertz CT molecular complexity index is 419. The maximum absolute atomic E-state index is 13.4. The van der Waals surface area contributed by atoms with Crippen LogP contribution in [0.3, 0.4) is 0 Å². The van der Waals surface area contributed by atoms with Crippen LogP contribution >= 0.6 is 11.6 Å². The molecule has 4 heteroatoms. The molecule has 1 atom stereocenters. The Hall–Kier alpha value is -1.53. The highest BCUT2D eigenvalue weighted by Crippen LogP contribution is 2.18. The number of hydrogen-bond donors (Lipinski definition) is 1. The molecule has 0 aliphatic carbocycles. The maximum atomic E-state index is 13.4. The van der Waals surface area contributed by atoms with Crippen LogP contribution in [0.2, 0.25) is 5.02 Å². The van der Waals surface area contributed by atoms with Crippen molar-refractivity contribution in [2.24, 2.45) is 0 Å². The van der Waals surface area contributed by atoms with Gasteiger partial charge in [0.2, 0.25) is 0 Å². The van der Waals surface area contributed by atoms with E-state index in [9.17, 15) is 9.18 Å². The lowest BCUT2D eigenvalue weighted by Gasteiger charge is -2.11. The summed E-state index contributed by atoms with van der Waals surface area (Å²) in [4.78, 5) is 11.7. The molecule has 2 nitrogen and oxygen atoms in total. The van der Waals surface area contributed by atoms with E-state index < -0.39 is 17.8 Å². The van der Waals surface area contributed by atoms with Crippen molar-refractivity contribution in [2.75, 3.05) is 0 Å². The Morgan fingerprint density at radius 3 is 2.88 bits per heavy atom. The van der Waals surface area contributed by atoms with Crippen molar-refractivity contribution in [3.8, 4) is 12.3 Å². The van der Waals surface area contributed by atoms with Gasteiger partial charge in [0.05, 0.1) is 16.6 Å². The largest absolute Gasteiger partial charge is 0.338 e. The van der Waals surface area contributed by atoms with E-state index >= 15 is 0 Å². The van der Waals surface area contributed by atoms with Crippen molar-refractivity contribution in [1.82, 2.24) is 5.32 Å². The van der Waals surface area contributed by atoms with Crippen LogP contribution in [0, 0.1) is 18.2 Å². The third kappa shape index (κ3) is 2.74. The molecule has 1 aromatic carbocycles. The average Bonchev–Trinajstić information content (AvgIpc) is 2.25. The monoisotopic (exact) mass is 239 g/mol. The normalized spacial score (nSPS) is 11.6. The molecule has 1 N–H and O–H groups in total. The fraction of sp³-hybridized carbons (Fsp3) is 0.250. The van der Waals surface area contributed by atoms with Gasteiger partial charge in [-0.25, -0.2) is 4.39 Å². The van der Waals surface area contributed by atoms with Crippen molar-refractivity contribution < 1.29 is 9.18 Å². The number of hydrogen-bond acceptors (Lipinski definition) is 1. The Morgan fingerprint density at radius 1 is 1.69 bits per heavy atom. The van der Waals surface area contributed by atoms with E-state index in [-0.39, 0.29) is 10.6 Å². The SMILES string of the molecule is C#CC(CC)NC(=O)c1c(F)cccc1Cl. The molecule has 0 aromatic heterocycles. The van der Waals surface area contributed by atoms with Crippen LogP contribution in [0.4, 0.5) is 4.39 Å². The quantitative estimate of drug-likeness (QED) is 0.808. The van der Waals surface area contributed by atoms with E-state index in [1.165, 1.54) is 18.2 Å². The van der Waals surface area contributed by atoms with Crippen molar-refractivity contribution in [1.29, 1.82) is 0 Å². The first-order chi connectivity index (χ1) is 7.60. The van der Waals surface area contributed by atoms with Gasteiger partial charge < -0.3 is 5.32 Å². The van der Waals surface area contributed by atoms with Crippen LogP contribution in [-0.2, 0) is 0 Å². The van der Waals surface area contributed by atoms with Crippen molar-refractivity contribution in [2.45, 2.75) is 19.4 Å².